The molecule has 2 aromatic rings. The molecule has 1 aliphatic rings. The van der Waals surface area contributed by atoms with E-state index >= 15 is 0 Å². The fourth-order valence-corrected chi connectivity index (χ4v) is 3.00. The van der Waals surface area contributed by atoms with Gasteiger partial charge < -0.3 is 19.1 Å². The number of hydrogen-bond acceptors (Lipinski definition) is 4. The lowest BCUT2D eigenvalue weighted by atomic mass is 10.1. The highest BCUT2D eigenvalue weighted by molar-refractivity contribution is 6.00. The standard InChI is InChI=1S/C21H25NO4/c1-16-9-10-19-18(13-16)22(11-6-12-24-2)21(23)20(26-19)15-25-14-17-7-4-3-5-8-17/h3-5,7-10,13,20H,6,11-12,14-15H2,1-2H3. The second-order valence-corrected chi connectivity index (χ2v) is 6.41. The van der Waals surface area contributed by atoms with E-state index in [1.165, 1.54) is 0 Å². The molecule has 1 aliphatic heterocycles. The maximum absolute atomic E-state index is 12.9. The molecule has 1 atom stereocenters. The van der Waals surface area contributed by atoms with Gasteiger partial charge in [-0.25, -0.2) is 0 Å². The molecule has 0 fully saturated rings. The average Bonchev–Trinajstić information content (AvgIpc) is 2.65. The number of nitrogens with zero attached hydrogens (tertiary/aromatic N) is 1. The lowest BCUT2D eigenvalue weighted by Crippen LogP contribution is -2.48. The van der Waals surface area contributed by atoms with Gasteiger partial charge in [0.05, 0.1) is 18.9 Å². The van der Waals surface area contributed by atoms with Crippen LogP contribution in [-0.4, -0.2) is 38.9 Å². The van der Waals surface area contributed by atoms with E-state index in [1.807, 2.05) is 55.5 Å². The Morgan fingerprint density at radius 2 is 1.96 bits per heavy atom. The summed E-state index contributed by atoms with van der Waals surface area (Å²) in [4.78, 5) is 14.7. The highest BCUT2D eigenvalue weighted by Gasteiger charge is 2.34. The van der Waals surface area contributed by atoms with Crippen molar-refractivity contribution >= 4 is 11.6 Å². The van der Waals surface area contributed by atoms with Gasteiger partial charge in [0, 0.05) is 20.3 Å². The molecule has 5 heteroatoms. The molecule has 0 radical (unpaired) electrons. The number of methoxy groups -OCH3 is 1. The molecule has 1 heterocycles. The van der Waals surface area contributed by atoms with Crippen LogP contribution in [0.1, 0.15) is 17.5 Å². The van der Waals surface area contributed by atoms with Crippen molar-refractivity contribution in [3.05, 3.63) is 59.7 Å². The monoisotopic (exact) mass is 355 g/mol. The molecule has 138 valence electrons. The molecule has 0 saturated carbocycles. The Morgan fingerprint density at radius 1 is 1.15 bits per heavy atom. The summed E-state index contributed by atoms with van der Waals surface area (Å²) >= 11 is 0. The SMILES string of the molecule is COCCCN1C(=O)C(COCc2ccccc2)Oc2ccc(C)cc21. The number of carbonyl (C=O) groups is 1. The first-order chi connectivity index (χ1) is 12.7. The minimum absolute atomic E-state index is 0.0627. The average molecular weight is 355 g/mol. The molecule has 2 aromatic carbocycles. The Morgan fingerprint density at radius 3 is 2.73 bits per heavy atom. The zero-order valence-corrected chi connectivity index (χ0v) is 15.3. The molecule has 5 nitrogen and oxygen atoms in total. The van der Waals surface area contributed by atoms with Crippen molar-refractivity contribution in [2.45, 2.75) is 26.1 Å². The van der Waals surface area contributed by atoms with Crippen molar-refractivity contribution in [1.29, 1.82) is 0 Å². The summed E-state index contributed by atoms with van der Waals surface area (Å²) in [7, 11) is 1.67. The van der Waals surface area contributed by atoms with Crippen LogP contribution < -0.4 is 9.64 Å². The van der Waals surface area contributed by atoms with Gasteiger partial charge in [0.1, 0.15) is 5.75 Å². The van der Waals surface area contributed by atoms with Crippen LogP contribution in [0.2, 0.25) is 0 Å². The first-order valence-electron chi connectivity index (χ1n) is 8.88. The lowest BCUT2D eigenvalue weighted by molar-refractivity contribution is -0.129. The molecule has 0 spiro atoms. The number of aryl methyl sites for hydroxylation is 1. The van der Waals surface area contributed by atoms with E-state index < -0.39 is 6.10 Å². The highest BCUT2D eigenvalue weighted by atomic mass is 16.5. The van der Waals surface area contributed by atoms with Gasteiger partial charge in [0.2, 0.25) is 6.10 Å². The number of ether oxygens (including phenoxy) is 3. The van der Waals surface area contributed by atoms with Gasteiger partial charge >= 0.3 is 0 Å². The van der Waals surface area contributed by atoms with Crippen molar-refractivity contribution < 1.29 is 19.0 Å². The van der Waals surface area contributed by atoms with Crippen molar-refractivity contribution in [1.82, 2.24) is 0 Å². The Hall–Kier alpha value is -2.37. The number of anilines is 1. The molecular formula is C21H25NO4. The zero-order chi connectivity index (χ0) is 18.4. The van der Waals surface area contributed by atoms with Gasteiger partial charge in [-0.2, -0.15) is 0 Å². The largest absolute Gasteiger partial charge is 0.476 e. The summed E-state index contributed by atoms with van der Waals surface area (Å²) in [6, 6.07) is 15.8. The molecule has 0 bridgehead atoms. The van der Waals surface area contributed by atoms with Crippen molar-refractivity contribution in [3.8, 4) is 5.75 Å². The number of amides is 1. The van der Waals surface area contributed by atoms with Gasteiger partial charge in [-0.05, 0) is 36.6 Å². The maximum atomic E-state index is 12.9. The summed E-state index contributed by atoms with van der Waals surface area (Å²) in [6.07, 6.45) is 0.143. The van der Waals surface area contributed by atoms with Crippen LogP contribution >= 0.6 is 0 Å². The van der Waals surface area contributed by atoms with E-state index in [0.29, 0.717) is 19.8 Å². The van der Waals surface area contributed by atoms with Crippen molar-refractivity contribution in [3.63, 3.8) is 0 Å². The molecule has 1 unspecified atom stereocenters. The number of hydrogen-bond donors (Lipinski definition) is 0. The van der Waals surface area contributed by atoms with Gasteiger partial charge in [-0.15, -0.1) is 0 Å². The summed E-state index contributed by atoms with van der Waals surface area (Å²) in [5, 5.41) is 0. The van der Waals surface area contributed by atoms with E-state index in [1.54, 1.807) is 12.0 Å². The second kappa shape index (κ2) is 8.83. The third-order valence-corrected chi connectivity index (χ3v) is 4.33. The summed E-state index contributed by atoms with van der Waals surface area (Å²) < 4.78 is 16.8. The molecule has 3 rings (SSSR count). The molecule has 26 heavy (non-hydrogen) atoms. The third-order valence-electron chi connectivity index (χ3n) is 4.33. The smallest absolute Gasteiger partial charge is 0.270 e. The van der Waals surface area contributed by atoms with E-state index in [2.05, 4.69) is 0 Å². The molecule has 0 saturated heterocycles. The Bertz CT molecular complexity index is 732. The van der Waals surface area contributed by atoms with E-state index in [4.69, 9.17) is 14.2 Å². The number of carbonyl (C=O) groups excluding carboxylic acids is 1. The predicted molar refractivity (Wildman–Crippen MR) is 101 cm³/mol. The van der Waals surface area contributed by atoms with E-state index in [-0.39, 0.29) is 12.5 Å². The zero-order valence-electron chi connectivity index (χ0n) is 15.3. The first-order valence-corrected chi connectivity index (χ1v) is 8.88. The lowest BCUT2D eigenvalue weighted by Gasteiger charge is -2.34. The van der Waals surface area contributed by atoms with Crippen LogP contribution in [0.15, 0.2) is 48.5 Å². The van der Waals surface area contributed by atoms with Crippen LogP contribution in [0, 0.1) is 6.92 Å². The first kappa shape index (κ1) is 18.4. The van der Waals surface area contributed by atoms with Crippen LogP contribution in [0.4, 0.5) is 5.69 Å². The minimum atomic E-state index is -0.628. The topological polar surface area (TPSA) is 48.0 Å². The Labute approximate surface area is 154 Å². The fraction of sp³-hybridized carbons (Fsp3) is 0.381. The van der Waals surface area contributed by atoms with E-state index in [0.717, 1.165) is 29.0 Å². The number of benzene rings is 2. The maximum Gasteiger partial charge on any atom is 0.270 e. The summed E-state index contributed by atoms with van der Waals surface area (Å²) in [5.41, 5.74) is 2.99. The third kappa shape index (κ3) is 4.42. The van der Waals surface area contributed by atoms with Crippen LogP contribution in [0.5, 0.6) is 5.75 Å². The van der Waals surface area contributed by atoms with Gasteiger partial charge in [-0.3, -0.25) is 4.79 Å². The quantitative estimate of drug-likeness (QED) is 0.682. The minimum Gasteiger partial charge on any atom is -0.476 e. The molecule has 0 aromatic heterocycles. The van der Waals surface area contributed by atoms with Gasteiger partial charge in [0.15, 0.2) is 0 Å². The molecule has 0 N–H and O–H groups in total. The Balaban J connectivity index is 1.69. The summed E-state index contributed by atoms with van der Waals surface area (Å²) in [5.74, 6) is 0.660. The highest BCUT2D eigenvalue weighted by Crippen LogP contribution is 2.35. The van der Waals surface area contributed by atoms with Gasteiger partial charge in [0.25, 0.3) is 5.91 Å². The number of rotatable bonds is 8. The van der Waals surface area contributed by atoms with Crippen molar-refractivity contribution in [2.24, 2.45) is 0 Å². The normalized spacial score (nSPS) is 16.3. The Kier molecular flexibility index (Phi) is 6.26. The van der Waals surface area contributed by atoms with Crippen LogP contribution in [-0.2, 0) is 20.9 Å². The fourth-order valence-electron chi connectivity index (χ4n) is 3.00. The van der Waals surface area contributed by atoms with Gasteiger partial charge in [-0.1, -0.05) is 36.4 Å². The van der Waals surface area contributed by atoms with Crippen molar-refractivity contribution in [2.75, 3.05) is 31.8 Å². The second-order valence-electron chi connectivity index (χ2n) is 6.41. The molecular weight excluding hydrogens is 330 g/mol. The predicted octanol–water partition coefficient (Wildman–Crippen LogP) is 3.34. The molecule has 0 aliphatic carbocycles. The molecule has 1 amide bonds. The van der Waals surface area contributed by atoms with Crippen LogP contribution in [0.3, 0.4) is 0 Å². The number of fused-ring (bicyclic) bond motifs is 1. The van der Waals surface area contributed by atoms with E-state index in [9.17, 15) is 4.79 Å². The summed E-state index contributed by atoms with van der Waals surface area (Å²) in [6.45, 7) is 3.90. The van der Waals surface area contributed by atoms with Crippen LogP contribution in [0.25, 0.3) is 0 Å².